The molecule has 0 amide bonds. The van der Waals surface area contributed by atoms with E-state index in [9.17, 15) is 0 Å². The Hall–Kier alpha value is -0.440. The molecule has 0 fully saturated rings. The predicted octanol–water partition coefficient (Wildman–Crippen LogP) is 2.59. The monoisotopic (exact) mass is 247 g/mol. The van der Waals surface area contributed by atoms with Crippen LogP contribution in [0.3, 0.4) is 0 Å². The lowest BCUT2D eigenvalue weighted by Crippen LogP contribution is -2.27. The number of methoxy groups -OCH3 is 1. The van der Waals surface area contributed by atoms with Crippen LogP contribution in [0.5, 0.6) is 5.75 Å². The van der Waals surface area contributed by atoms with Gasteiger partial charge in [0.2, 0.25) is 0 Å². The third-order valence-electron chi connectivity index (χ3n) is 2.74. The fourth-order valence-electron chi connectivity index (χ4n) is 1.94. The lowest BCUT2D eigenvalue weighted by molar-refractivity contribution is 0.413. The zero-order valence-corrected chi connectivity index (χ0v) is 10.2. The van der Waals surface area contributed by atoms with Crippen molar-refractivity contribution in [2.24, 2.45) is 5.73 Å². The molecule has 4 heteroatoms. The van der Waals surface area contributed by atoms with E-state index in [1.165, 1.54) is 11.1 Å². The van der Waals surface area contributed by atoms with Crippen LogP contribution in [0.25, 0.3) is 0 Å². The van der Waals surface area contributed by atoms with Crippen molar-refractivity contribution < 1.29 is 4.74 Å². The normalized spacial score (nSPS) is 19.0. The highest BCUT2D eigenvalue weighted by Gasteiger charge is 2.17. The zero-order valence-electron chi connectivity index (χ0n) is 8.63. The maximum atomic E-state index is 6.04. The Kier molecular flexibility index (Phi) is 4.26. The van der Waals surface area contributed by atoms with Gasteiger partial charge in [0.25, 0.3) is 0 Å². The van der Waals surface area contributed by atoms with Gasteiger partial charge in [-0.3, -0.25) is 0 Å². The van der Waals surface area contributed by atoms with Crippen LogP contribution < -0.4 is 10.5 Å². The van der Waals surface area contributed by atoms with Crippen molar-refractivity contribution in [2.75, 3.05) is 7.11 Å². The molecule has 1 atom stereocenters. The Morgan fingerprint density at radius 1 is 1.40 bits per heavy atom. The first-order valence-electron chi connectivity index (χ1n) is 4.81. The Morgan fingerprint density at radius 3 is 2.80 bits per heavy atom. The van der Waals surface area contributed by atoms with Crippen LogP contribution >= 0.6 is 24.0 Å². The maximum absolute atomic E-state index is 6.04. The molecule has 0 aliphatic heterocycles. The zero-order chi connectivity index (χ0) is 10.1. The molecular weight excluding hydrogens is 233 g/mol. The first-order chi connectivity index (χ1) is 6.70. The molecule has 2 rings (SSSR count). The summed E-state index contributed by atoms with van der Waals surface area (Å²) < 4.78 is 5.17. The molecule has 2 N–H and O–H groups in total. The average Bonchev–Trinajstić information content (AvgIpc) is 2.17. The Labute approximate surface area is 101 Å². The fourth-order valence-corrected chi connectivity index (χ4v) is 2.20. The molecule has 15 heavy (non-hydrogen) atoms. The van der Waals surface area contributed by atoms with Crippen LogP contribution in [-0.2, 0) is 12.8 Å². The summed E-state index contributed by atoms with van der Waals surface area (Å²) >= 11 is 6.04. The summed E-state index contributed by atoms with van der Waals surface area (Å²) in [6.45, 7) is 0. The summed E-state index contributed by atoms with van der Waals surface area (Å²) in [5.74, 6) is 0.750. The van der Waals surface area contributed by atoms with Crippen molar-refractivity contribution in [1.82, 2.24) is 0 Å². The van der Waals surface area contributed by atoms with Gasteiger partial charge in [0.05, 0.1) is 12.1 Å². The number of benzene rings is 1. The van der Waals surface area contributed by atoms with Crippen LogP contribution in [0, 0.1) is 0 Å². The first-order valence-corrected chi connectivity index (χ1v) is 5.19. The molecule has 2 nitrogen and oxygen atoms in total. The molecular formula is C11H15Cl2NO. The van der Waals surface area contributed by atoms with E-state index >= 15 is 0 Å². The SMILES string of the molecule is COc1cc2c(cc1Cl)CCC(N)C2.Cl. The minimum Gasteiger partial charge on any atom is -0.495 e. The summed E-state index contributed by atoms with van der Waals surface area (Å²) in [6.07, 6.45) is 3.01. The van der Waals surface area contributed by atoms with E-state index in [4.69, 9.17) is 22.1 Å². The number of fused-ring (bicyclic) bond motifs is 1. The fraction of sp³-hybridized carbons (Fsp3) is 0.455. The van der Waals surface area contributed by atoms with E-state index in [1.807, 2.05) is 12.1 Å². The summed E-state index contributed by atoms with van der Waals surface area (Å²) in [5, 5.41) is 0.696. The van der Waals surface area contributed by atoms with Crippen molar-refractivity contribution in [1.29, 1.82) is 0 Å². The van der Waals surface area contributed by atoms with E-state index < -0.39 is 0 Å². The molecule has 1 aromatic rings. The standard InChI is InChI=1S/C11H14ClNO.ClH/c1-14-11-6-8-4-9(13)3-2-7(8)5-10(11)12;/h5-6,9H,2-4,13H2,1H3;1H. The lowest BCUT2D eigenvalue weighted by Gasteiger charge is -2.22. The molecule has 84 valence electrons. The molecule has 0 bridgehead atoms. The van der Waals surface area contributed by atoms with E-state index in [1.54, 1.807) is 7.11 Å². The molecule has 0 heterocycles. The van der Waals surface area contributed by atoms with Gasteiger partial charge >= 0.3 is 0 Å². The van der Waals surface area contributed by atoms with Crippen molar-refractivity contribution in [3.05, 3.63) is 28.3 Å². The predicted molar refractivity (Wildman–Crippen MR) is 65.3 cm³/mol. The molecule has 1 aromatic carbocycles. The summed E-state index contributed by atoms with van der Waals surface area (Å²) in [5.41, 5.74) is 8.50. The Morgan fingerprint density at radius 2 is 2.13 bits per heavy atom. The Bertz CT molecular complexity index is 355. The van der Waals surface area contributed by atoms with Crippen molar-refractivity contribution in [3.8, 4) is 5.75 Å². The molecule has 0 saturated heterocycles. The molecule has 0 saturated carbocycles. The van der Waals surface area contributed by atoms with Gasteiger partial charge in [0.1, 0.15) is 5.75 Å². The number of halogens is 2. The van der Waals surface area contributed by atoms with Gasteiger partial charge in [-0.15, -0.1) is 12.4 Å². The van der Waals surface area contributed by atoms with Gasteiger partial charge in [0.15, 0.2) is 0 Å². The highest BCUT2D eigenvalue weighted by molar-refractivity contribution is 6.32. The van der Waals surface area contributed by atoms with Gasteiger partial charge in [-0.1, -0.05) is 11.6 Å². The minimum atomic E-state index is 0. The number of hydrogen-bond donors (Lipinski definition) is 1. The highest BCUT2D eigenvalue weighted by atomic mass is 35.5. The number of nitrogens with two attached hydrogens (primary N) is 1. The van der Waals surface area contributed by atoms with E-state index in [0.717, 1.165) is 25.0 Å². The molecule has 0 aromatic heterocycles. The molecule has 1 aliphatic rings. The summed E-state index contributed by atoms with van der Waals surface area (Å²) in [6, 6.07) is 4.30. The summed E-state index contributed by atoms with van der Waals surface area (Å²) in [4.78, 5) is 0. The van der Waals surface area contributed by atoms with Crippen LogP contribution in [0.4, 0.5) is 0 Å². The molecule has 0 radical (unpaired) electrons. The molecule has 1 aliphatic carbocycles. The Balaban J connectivity index is 0.00000112. The highest BCUT2D eigenvalue weighted by Crippen LogP contribution is 2.31. The van der Waals surface area contributed by atoms with Crippen molar-refractivity contribution in [3.63, 3.8) is 0 Å². The number of rotatable bonds is 1. The van der Waals surface area contributed by atoms with E-state index in [0.29, 0.717) is 5.02 Å². The van der Waals surface area contributed by atoms with Crippen molar-refractivity contribution >= 4 is 24.0 Å². The minimum absolute atomic E-state index is 0. The second-order valence-corrected chi connectivity index (χ2v) is 4.17. The smallest absolute Gasteiger partial charge is 0.137 e. The number of ether oxygens (including phenoxy) is 1. The van der Waals surface area contributed by atoms with Crippen LogP contribution in [0.2, 0.25) is 5.02 Å². The van der Waals surface area contributed by atoms with Gasteiger partial charge in [0, 0.05) is 6.04 Å². The number of aryl methyl sites for hydroxylation is 1. The summed E-state index contributed by atoms with van der Waals surface area (Å²) in [7, 11) is 1.64. The van der Waals surface area contributed by atoms with Gasteiger partial charge in [-0.25, -0.2) is 0 Å². The largest absolute Gasteiger partial charge is 0.495 e. The topological polar surface area (TPSA) is 35.2 Å². The quantitative estimate of drug-likeness (QED) is 0.829. The van der Waals surface area contributed by atoms with Crippen LogP contribution in [-0.4, -0.2) is 13.2 Å². The van der Waals surface area contributed by atoms with Crippen molar-refractivity contribution in [2.45, 2.75) is 25.3 Å². The lowest BCUT2D eigenvalue weighted by atomic mass is 9.88. The van der Waals surface area contributed by atoms with Gasteiger partial charge in [-0.05, 0) is 42.5 Å². The average molecular weight is 248 g/mol. The van der Waals surface area contributed by atoms with Crippen LogP contribution in [0.15, 0.2) is 12.1 Å². The van der Waals surface area contributed by atoms with E-state index in [2.05, 4.69) is 0 Å². The van der Waals surface area contributed by atoms with Crippen LogP contribution in [0.1, 0.15) is 17.5 Å². The van der Waals surface area contributed by atoms with Gasteiger partial charge in [-0.2, -0.15) is 0 Å². The second kappa shape index (κ2) is 5.06. The third-order valence-corrected chi connectivity index (χ3v) is 3.04. The number of hydrogen-bond acceptors (Lipinski definition) is 2. The van der Waals surface area contributed by atoms with E-state index in [-0.39, 0.29) is 18.4 Å². The van der Waals surface area contributed by atoms with Gasteiger partial charge < -0.3 is 10.5 Å². The molecule has 0 spiro atoms. The third kappa shape index (κ3) is 2.57. The first kappa shape index (κ1) is 12.6. The second-order valence-electron chi connectivity index (χ2n) is 3.76. The maximum Gasteiger partial charge on any atom is 0.137 e. The molecule has 1 unspecified atom stereocenters.